The molecule has 0 unspecified atom stereocenters. The standard InChI is InChI=1S/C16H17N5OS/c1-10-14(9-15(22)18-16-17-12(3)23-20-16)11(2)21(19-10)13-7-5-4-6-8-13/h4-8H,9H2,1-3H3,(H,18,20,22). The minimum Gasteiger partial charge on any atom is -0.293 e. The first-order chi connectivity index (χ1) is 11.0. The number of nitrogens with zero attached hydrogens (tertiary/aromatic N) is 4. The molecular weight excluding hydrogens is 310 g/mol. The van der Waals surface area contributed by atoms with E-state index in [4.69, 9.17) is 0 Å². The second-order valence-electron chi connectivity index (χ2n) is 5.26. The molecule has 0 saturated heterocycles. The lowest BCUT2D eigenvalue weighted by Crippen LogP contribution is -2.16. The zero-order valence-electron chi connectivity index (χ0n) is 13.2. The van der Waals surface area contributed by atoms with Crippen LogP contribution in [0.25, 0.3) is 5.69 Å². The van der Waals surface area contributed by atoms with Crippen LogP contribution < -0.4 is 5.32 Å². The Morgan fingerprint density at radius 2 is 1.96 bits per heavy atom. The summed E-state index contributed by atoms with van der Waals surface area (Å²) in [6, 6.07) is 9.88. The van der Waals surface area contributed by atoms with Crippen molar-refractivity contribution in [2.24, 2.45) is 0 Å². The number of amides is 1. The smallest absolute Gasteiger partial charge is 0.241 e. The van der Waals surface area contributed by atoms with Gasteiger partial charge in [-0.15, -0.1) is 0 Å². The molecule has 0 saturated carbocycles. The first-order valence-corrected chi connectivity index (χ1v) is 8.02. The number of anilines is 1. The van der Waals surface area contributed by atoms with Gasteiger partial charge in [-0.3, -0.25) is 10.1 Å². The number of nitrogens with one attached hydrogen (secondary N) is 1. The molecule has 118 valence electrons. The molecule has 0 bridgehead atoms. The van der Waals surface area contributed by atoms with E-state index in [0.717, 1.165) is 27.6 Å². The van der Waals surface area contributed by atoms with Gasteiger partial charge < -0.3 is 0 Å². The number of carbonyl (C=O) groups is 1. The summed E-state index contributed by atoms with van der Waals surface area (Å²) in [6.07, 6.45) is 0.253. The van der Waals surface area contributed by atoms with Crippen molar-refractivity contribution in [2.45, 2.75) is 27.2 Å². The van der Waals surface area contributed by atoms with Gasteiger partial charge in [-0.2, -0.15) is 9.47 Å². The Bertz CT molecular complexity index is 838. The molecule has 0 radical (unpaired) electrons. The van der Waals surface area contributed by atoms with Crippen LogP contribution in [0, 0.1) is 20.8 Å². The maximum atomic E-state index is 12.2. The fraction of sp³-hybridized carbons (Fsp3) is 0.250. The number of rotatable bonds is 4. The van der Waals surface area contributed by atoms with Crippen LogP contribution in [0.5, 0.6) is 0 Å². The Balaban J connectivity index is 1.80. The average molecular weight is 327 g/mol. The van der Waals surface area contributed by atoms with Crippen LogP contribution in [0.2, 0.25) is 0 Å². The Kier molecular flexibility index (Phi) is 4.20. The van der Waals surface area contributed by atoms with E-state index in [1.165, 1.54) is 11.5 Å². The highest BCUT2D eigenvalue weighted by molar-refractivity contribution is 7.05. The molecule has 3 aromatic rings. The molecule has 1 aromatic carbocycles. The molecule has 2 heterocycles. The predicted octanol–water partition coefficient (Wildman–Crippen LogP) is 2.83. The van der Waals surface area contributed by atoms with Gasteiger partial charge in [0.05, 0.1) is 17.8 Å². The van der Waals surface area contributed by atoms with Gasteiger partial charge >= 0.3 is 0 Å². The molecule has 2 aromatic heterocycles. The van der Waals surface area contributed by atoms with Crippen LogP contribution in [-0.4, -0.2) is 25.0 Å². The summed E-state index contributed by atoms with van der Waals surface area (Å²) in [5, 5.41) is 8.10. The van der Waals surface area contributed by atoms with Gasteiger partial charge in [0.15, 0.2) is 0 Å². The predicted molar refractivity (Wildman–Crippen MR) is 90.0 cm³/mol. The number of carbonyl (C=O) groups excluding carboxylic acids is 1. The average Bonchev–Trinajstić information content (AvgIpc) is 3.06. The van der Waals surface area contributed by atoms with E-state index in [2.05, 4.69) is 19.8 Å². The number of aromatic nitrogens is 4. The van der Waals surface area contributed by atoms with Crippen LogP contribution in [0.1, 0.15) is 22.0 Å². The first-order valence-electron chi connectivity index (χ1n) is 7.25. The molecule has 0 spiro atoms. The van der Waals surface area contributed by atoms with Crippen LogP contribution in [0.4, 0.5) is 5.95 Å². The molecule has 0 atom stereocenters. The minimum absolute atomic E-state index is 0.137. The van der Waals surface area contributed by atoms with Crippen LogP contribution in [0.15, 0.2) is 30.3 Å². The molecule has 6 nitrogen and oxygen atoms in total. The van der Waals surface area contributed by atoms with Crippen molar-refractivity contribution in [3.8, 4) is 5.69 Å². The highest BCUT2D eigenvalue weighted by Crippen LogP contribution is 2.19. The van der Waals surface area contributed by atoms with Crippen LogP contribution in [-0.2, 0) is 11.2 Å². The Hall–Kier alpha value is -2.54. The van der Waals surface area contributed by atoms with Gasteiger partial charge in [0.2, 0.25) is 11.9 Å². The van der Waals surface area contributed by atoms with Crippen molar-refractivity contribution in [1.29, 1.82) is 0 Å². The lowest BCUT2D eigenvalue weighted by molar-refractivity contribution is -0.115. The molecule has 0 fully saturated rings. The molecule has 1 amide bonds. The summed E-state index contributed by atoms with van der Waals surface area (Å²) in [5.41, 5.74) is 3.73. The van der Waals surface area contributed by atoms with Gasteiger partial charge in [0.25, 0.3) is 0 Å². The molecule has 0 aliphatic heterocycles. The number of aryl methyl sites for hydroxylation is 2. The Morgan fingerprint density at radius 3 is 2.61 bits per heavy atom. The van der Waals surface area contributed by atoms with Crippen LogP contribution >= 0.6 is 11.5 Å². The van der Waals surface area contributed by atoms with E-state index < -0.39 is 0 Å². The molecule has 0 aliphatic carbocycles. The molecular formula is C16H17N5OS. The maximum Gasteiger partial charge on any atom is 0.241 e. The van der Waals surface area contributed by atoms with Gasteiger partial charge in [0.1, 0.15) is 5.01 Å². The quantitative estimate of drug-likeness (QED) is 0.800. The molecule has 0 aliphatic rings. The van der Waals surface area contributed by atoms with E-state index in [0.29, 0.717) is 5.95 Å². The number of hydrogen-bond donors (Lipinski definition) is 1. The second-order valence-corrected chi connectivity index (χ2v) is 6.21. The van der Waals surface area contributed by atoms with Crippen molar-refractivity contribution < 1.29 is 4.79 Å². The first kappa shape index (κ1) is 15.4. The van der Waals surface area contributed by atoms with Gasteiger partial charge in [-0.1, -0.05) is 18.2 Å². The fourth-order valence-corrected chi connectivity index (χ4v) is 2.86. The van der Waals surface area contributed by atoms with E-state index in [-0.39, 0.29) is 12.3 Å². The van der Waals surface area contributed by atoms with Gasteiger partial charge in [0, 0.05) is 11.3 Å². The molecule has 1 N–H and O–H groups in total. The zero-order chi connectivity index (χ0) is 16.4. The lowest BCUT2D eigenvalue weighted by atomic mass is 10.1. The minimum atomic E-state index is -0.137. The van der Waals surface area contributed by atoms with E-state index in [1.807, 2.05) is 55.8 Å². The third-order valence-corrected chi connectivity index (χ3v) is 4.18. The highest BCUT2D eigenvalue weighted by atomic mass is 32.1. The fourth-order valence-electron chi connectivity index (χ4n) is 2.43. The summed E-state index contributed by atoms with van der Waals surface area (Å²) < 4.78 is 5.94. The van der Waals surface area contributed by atoms with Crippen LogP contribution in [0.3, 0.4) is 0 Å². The van der Waals surface area contributed by atoms with Crippen molar-refractivity contribution >= 4 is 23.4 Å². The highest BCUT2D eigenvalue weighted by Gasteiger charge is 2.16. The van der Waals surface area contributed by atoms with Crippen molar-refractivity contribution in [3.05, 3.63) is 52.3 Å². The third kappa shape index (κ3) is 3.29. The number of benzene rings is 1. The Labute approximate surface area is 138 Å². The summed E-state index contributed by atoms with van der Waals surface area (Å²) in [6.45, 7) is 5.74. The lowest BCUT2D eigenvalue weighted by Gasteiger charge is -2.05. The number of hydrogen-bond acceptors (Lipinski definition) is 5. The normalized spacial score (nSPS) is 10.7. The van der Waals surface area contributed by atoms with Crippen molar-refractivity contribution in [3.63, 3.8) is 0 Å². The van der Waals surface area contributed by atoms with Crippen molar-refractivity contribution in [1.82, 2.24) is 19.1 Å². The van der Waals surface area contributed by atoms with E-state index in [9.17, 15) is 4.79 Å². The summed E-state index contributed by atoms with van der Waals surface area (Å²) >= 11 is 1.27. The largest absolute Gasteiger partial charge is 0.293 e. The van der Waals surface area contributed by atoms with E-state index >= 15 is 0 Å². The summed E-state index contributed by atoms with van der Waals surface area (Å²) in [7, 11) is 0. The topological polar surface area (TPSA) is 72.7 Å². The zero-order valence-corrected chi connectivity index (χ0v) is 14.0. The Morgan fingerprint density at radius 1 is 1.22 bits per heavy atom. The third-order valence-electron chi connectivity index (χ3n) is 3.56. The van der Waals surface area contributed by atoms with Gasteiger partial charge in [-0.25, -0.2) is 9.67 Å². The monoisotopic (exact) mass is 327 g/mol. The SMILES string of the molecule is Cc1nc(NC(=O)Cc2c(C)nn(-c3ccccc3)c2C)ns1. The number of para-hydroxylation sites is 1. The van der Waals surface area contributed by atoms with Crippen molar-refractivity contribution in [2.75, 3.05) is 5.32 Å². The van der Waals surface area contributed by atoms with E-state index in [1.54, 1.807) is 0 Å². The molecule has 3 rings (SSSR count). The molecule has 7 heteroatoms. The summed E-state index contributed by atoms with van der Waals surface area (Å²) in [4.78, 5) is 16.4. The molecule has 23 heavy (non-hydrogen) atoms. The summed E-state index contributed by atoms with van der Waals surface area (Å²) in [5.74, 6) is 0.227. The second kappa shape index (κ2) is 6.29. The van der Waals surface area contributed by atoms with Gasteiger partial charge in [-0.05, 0) is 44.4 Å². The maximum absolute atomic E-state index is 12.2.